The summed E-state index contributed by atoms with van der Waals surface area (Å²) >= 11 is 0. The Hall–Kier alpha value is -1.30. The van der Waals surface area contributed by atoms with Crippen LogP contribution in [-0.4, -0.2) is 36.2 Å². The van der Waals surface area contributed by atoms with Crippen LogP contribution in [0, 0.1) is 0 Å². The van der Waals surface area contributed by atoms with Gasteiger partial charge in [-0.25, -0.2) is 0 Å². The fraction of sp³-hybridized carbons (Fsp3) is 0.750. The highest BCUT2D eigenvalue weighted by molar-refractivity contribution is 5.93. The van der Waals surface area contributed by atoms with Crippen LogP contribution in [0.2, 0.25) is 0 Å². The maximum absolute atomic E-state index is 11.3. The van der Waals surface area contributed by atoms with Gasteiger partial charge >= 0.3 is 0 Å². The highest BCUT2D eigenvalue weighted by Crippen LogP contribution is 2.02. The molecular weight excluding hydrogens is 186 g/mol. The molecule has 0 aromatic carbocycles. The lowest BCUT2D eigenvalue weighted by molar-refractivity contribution is -0.122. The molecule has 14 heavy (non-hydrogen) atoms. The van der Waals surface area contributed by atoms with Gasteiger partial charge < -0.3 is 21.0 Å². The number of carbonyl (C=O) groups is 1. The SMILES string of the molecule is COCCC(=O)NC(C)(C)C(N)=NO. The number of rotatable bonds is 5. The van der Waals surface area contributed by atoms with Crippen LogP contribution >= 0.6 is 0 Å². The summed E-state index contributed by atoms with van der Waals surface area (Å²) < 4.78 is 4.74. The summed E-state index contributed by atoms with van der Waals surface area (Å²) in [5.74, 6) is -0.244. The Balaban J connectivity index is 4.15. The monoisotopic (exact) mass is 203 g/mol. The summed E-state index contributed by atoms with van der Waals surface area (Å²) in [6.07, 6.45) is 0.249. The molecule has 0 aromatic heterocycles. The fourth-order valence-corrected chi connectivity index (χ4v) is 0.795. The van der Waals surface area contributed by atoms with Crippen LogP contribution < -0.4 is 11.1 Å². The maximum Gasteiger partial charge on any atom is 0.223 e. The molecule has 0 aliphatic carbocycles. The Morgan fingerprint density at radius 1 is 1.64 bits per heavy atom. The third kappa shape index (κ3) is 4.08. The number of amides is 1. The third-order valence-electron chi connectivity index (χ3n) is 1.73. The van der Waals surface area contributed by atoms with Crippen molar-refractivity contribution >= 4 is 11.7 Å². The van der Waals surface area contributed by atoms with E-state index in [0.29, 0.717) is 6.61 Å². The van der Waals surface area contributed by atoms with Crippen molar-refractivity contribution < 1.29 is 14.7 Å². The molecule has 0 rings (SSSR count). The average molecular weight is 203 g/mol. The predicted octanol–water partition coefficient (Wildman–Crippen LogP) is -0.336. The number of methoxy groups -OCH3 is 1. The Morgan fingerprint density at radius 2 is 2.21 bits per heavy atom. The van der Waals surface area contributed by atoms with E-state index in [2.05, 4.69) is 10.5 Å². The molecule has 82 valence electrons. The van der Waals surface area contributed by atoms with E-state index in [4.69, 9.17) is 15.7 Å². The molecule has 0 radical (unpaired) electrons. The Bertz CT molecular complexity index is 226. The minimum atomic E-state index is -0.848. The molecule has 1 amide bonds. The molecule has 0 saturated carbocycles. The first kappa shape index (κ1) is 12.7. The van der Waals surface area contributed by atoms with Gasteiger partial charge in [-0.05, 0) is 13.8 Å². The van der Waals surface area contributed by atoms with Gasteiger partial charge in [-0.3, -0.25) is 4.79 Å². The van der Waals surface area contributed by atoms with Gasteiger partial charge in [0, 0.05) is 13.5 Å². The largest absolute Gasteiger partial charge is 0.409 e. The predicted molar refractivity (Wildman–Crippen MR) is 52.1 cm³/mol. The number of amidine groups is 1. The first-order chi connectivity index (χ1) is 6.44. The fourth-order valence-electron chi connectivity index (χ4n) is 0.795. The molecule has 0 aromatic rings. The van der Waals surface area contributed by atoms with E-state index in [9.17, 15) is 4.79 Å². The van der Waals surface area contributed by atoms with Crippen molar-refractivity contribution in [2.24, 2.45) is 10.9 Å². The summed E-state index contributed by atoms with van der Waals surface area (Å²) in [5, 5.41) is 13.9. The molecule has 4 N–H and O–H groups in total. The molecule has 0 aliphatic heterocycles. The van der Waals surface area contributed by atoms with Gasteiger partial charge in [0.15, 0.2) is 5.84 Å². The quantitative estimate of drug-likeness (QED) is 0.246. The second-order valence-electron chi connectivity index (χ2n) is 3.40. The van der Waals surface area contributed by atoms with Crippen LogP contribution in [0.5, 0.6) is 0 Å². The molecule has 0 heterocycles. The number of oxime groups is 1. The van der Waals surface area contributed by atoms with Gasteiger partial charge in [-0.1, -0.05) is 5.16 Å². The van der Waals surface area contributed by atoms with Gasteiger partial charge in [0.05, 0.1) is 12.1 Å². The number of nitrogens with zero attached hydrogens (tertiary/aromatic N) is 1. The number of nitrogens with one attached hydrogen (secondary N) is 1. The summed E-state index contributed by atoms with van der Waals surface area (Å²) in [4.78, 5) is 11.3. The lowest BCUT2D eigenvalue weighted by Gasteiger charge is -2.24. The lowest BCUT2D eigenvalue weighted by atomic mass is 10.0. The van der Waals surface area contributed by atoms with E-state index in [1.807, 2.05) is 0 Å². The topological polar surface area (TPSA) is 96.9 Å². The average Bonchev–Trinajstić information content (AvgIpc) is 2.12. The second-order valence-corrected chi connectivity index (χ2v) is 3.40. The molecule has 0 spiro atoms. The van der Waals surface area contributed by atoms with E-state index >= 15 is 0 Å². The van der Waals surface area contributed by atoms with Crippen LogP contribution in [0.25, 0.3) is 0 Å². The number of hydrogen-bond donors (Lipinski definition) is 3. The van der Waals surface area contributed by atoms with Crippen molar-refractivity contribution in [3.05, 3.63) is 0 Å². The van der Waals surface area contributed by atoms with Crippen LogP contribution in [0.3, 0.4) is 0 Å². The minimum Gasteiger partial charge on any atom is -0.409 e. The van der Waals surface area contributed by atoms with Gasteiger partial charge in [-0.15, -0.1) is 0 Å². The lowest BCUT2D eigenvalue weighted by Crippen LogP contribution is -2.53. The van der Waals surface area contributed by atoms with E-state index in [1.54, 1.807) is 13.8 Å². The highest BCUT2D eigenvalue weighted by Gasteiger charge is 2.25. The summed E-state index contributed by atoms with van der Waals surface area (Å²) in [7, 11) is 1.52. The Morgan fingerprint density at radius 3 is 2.64 bits per heavy atom. The Labute approximate surface area is 83.1 Å². The van der Waals surface area contributed by atoms with Crippen molar-refractivity contribution in [3.63, 3.8) is 0 Å². The normalized spacial score (nSPS) is 12.6. The van der Waals surface area contributed by atoms with Crippen molar-refractivity contribution in [2.45, 2.75) is 25.8 Å². The summed E-state index contributed by atoms with van der Waals surface area (Å²) in [5.41, 5.74) is 4.53. The van der Waals surface area contributed by atoms with Gasteiger partial charge in [0.1, 0.15) is 0 Å². The van der Waals surface area contributed by atoms with E-state index in [0.717, 1.165) is 0 Å². The van der Waals surface area contributed by atoms with Crippen molar-refractivity contribution in [1.82, 2.24) is 5.32 Å². The molecule has 0 atom stereocenters. The van der Waals surface area contributed by atoms with Crippen LogP contribution in [-0.2, 0) is 9.53 Å². The van der Waals surface area contributed by atoms with Crippen LogP contribution in [0.1, 0.15) is 20.3 Å². The van der Waals surface area contributed by atoms with Gasteiger partial charge in [0.2, 0.25) is 5.91 Å². The number of hydrogen-bond acceptors (Lipinski definition) is 4. The van der Waals surface area contributed by atoms with Crippen LogP contribution in [0.15, 0.2) is 5.16 Å². The van der Waals surface area contributed by atoms with Crippen molar-refractivity contribution in [3.8, 4) is 0 Å². The molecule has 0 saturated heterocycles. The number of ether oxygens (including phenoxy) is 1. The third-order valence-corrected chi connectivity index (χ3v) is 1.73. The molecule has 0 fully saturated rings. The number of nitrogens with two attached hydrogens (primary N) is 1. The zero-order valence-corrected chi connectivity index (χ0v) is 8.70. The summed E-state index contributed by atoms with van der Waals surface area (Å²) in [6, 6.07) is 0. The first-order valence-corrected chi connectivity index (χ1v) is 4.22. The van der Waals surface area contributed by atoms with Gasteiger partial charge in [-0.2, -0.15) is 0 Å². The molecule has 0 unspecified atom stereocenters. The van der Waals surface area contributed by atoms with Crippen molar-refractivity contribution in [2.75, 3.05) is 13.7 Å². The minimum absolute atomic E-state index is 0.0386. The second kappa shape index (κ2) is 5.43. The molecular formula is C8H17N3O3. The Kier molecular flexibility index (Phi) is 4.93. The smallest absolute Gasteiger partial charge is 0.223 e. The highest BCUT2D eigenvalue weighted by atomic mass is 16.5. The van der Waals surface area contributed by atoms with Crippen molar-refractivity contribution in [1.29, 1.82) is 0 Å². The van der Waals surface area contributed by atoms with Crippen LogP contribution in [0.4, 0.5) is 0 Å². The maximum atomic E-state index is 11.3. The molecule has 0 aliphatic rings. The standard InChI is InChI=1S/C8H17N3O3/c1-8(2,7(9)11-13)10-6(12)4-5-14-3/h13H,4-5H2,1-3H3,(H2,9,11)(H,10,12). The first-order valence-electron chi connectivity index (χ1n) is 4.22. The molecule has 6 nitrogen and oxygen atoms in total. The molecule has 0 bridgehead atoms. The van der Waals surface area contributed by atoms with E-state index in [1.165, 1.54) is 7.11 Å². The van der Waals surface area contributed by atoms with E-state index < -0.39 is 5.54 Å². The number of carbonyl (C=O) groups excluding carboxylic acids is 1. The zero-order valence-electron chi connectivity index (χ0n) is 8.70. The zero-order chi connectivity index (χ0) is 11.2. The molecule has 6 heteroatoms. The summed E-state index contributed by atoms with van der Waals surface area (Å²) in [6.45, 7) is 3.64. The van der Waals surface area contributed by atoms with Gasteiger partial charge in [0.25, 0.3) is 0 Å². The van der Waals surface area contributed by atoms with E-state index in [-0.39, 0.29) is 18.2 Å².